The van der Waals surface area contributed by atoms with Gasteiger partial charge in [-0.15, -0.1) is 0 Å². The smallest absolute Gasteiger partial charge is 0.339 e. The Balaban J connectivity index is 2.19. The number of anilines is 2. The lowest BCUT2D eigenvalue weighted by Gasteiger charge is -2.09. The summed E-state index contributed by atoms with van der Waals surface area (Å²) < 4.78 is 31.4. The Labute approximate surface area is 124 Å². The second-order valence-corrected chi connectivity index (χ2v) is 4.43. The topological polar surface area (TPSA) is 51.2 Å². The molecule has 0 bridgehead atoms. The monoisotopic (exact) mass is 312 g/mol. The van der Waals surface area contributed by atoms with Crippen molar-refractivity contribution in [3.8, 4) is 0 Å². The number of carbonyl (C=O) groups excluding carboxylic acids is 1. The van der Waals surface area contributed by atoms with Crippen molar-refractivity contribution in [1.29, 1.82) is 0 Å². The summed E-state index contributed by atoms with van der Waals surface area (Å²) in [5.41, 5.74) is 0.183. The third-order valence-electron chi connectivity index (χ3n) is 2.53. The van der Waals surface area contributed by atoms with Crippen molar-refractivity contribution >= 4 is 29.1 Å². The molecule has 0 aliphatic rings. The molecule has 0 radical (unpaired) electrons. The molecule has 2 aromatic rings. The molecule has 0 aliphatic heterocycles. The van der Waals surface area contributed by atoms with Crippen LogP contribution in [0.3, 0.4) is 0 Å². The van der Waals surface area contributed by atoms with Crippen LogP contribution in [-0.2, 0) is 4.74 Å². The van der Waals surface area contributed by atoms with Gasteiger partial charge in [0.2, 0.25) is 0 Å². The minimum absolute atomic E-state index is 0.0885. The summed E-state index contributed by atoms with van der Waals surface area (Å²) in [6.07, 6.45) is 1.29. The van der Waals surface area contributed by atoms with E-state index in [1.54, 1.807) is 6.92 Å². The van der Waals surface area contributed by atoms with Gasteiger partial charge in [-0.3, -0.25) is 0 Å². The number of carbonyl (C=O) groups is 1. The summed E-state index contributed by atoms with van der Waals surface area (Å²) in [4.78, 5) is 15.4. The van der Waals surface area contributed by atoms with Crippen LogP contribution in [-0.4, -0.2) is 17.6 Å². The van der Waals surface area contributed by atoms with Crippen molar-refractivity contribution in [2.75, 3.05) is 11.9 Å². The second kappa shape index (κ2) is 6.49. The van der Waals surface area contributed by atoms with Gasteiger partial charge in [0.1, 0.15) is 11.6 Å². The number of halogens is 3. The molecule has 110 valence electrons. The zero-order valence-electron chi connectivity index (χ0n) is 11.0. The Kier molecular flexibility index (Phi) is 4.70. The summed E-state index contributed by atoms with van der Waals surface area (Å²) >= 11 is 5.76. The summed E-state index contributed by atoms with van der Waals surface area (Å²) in [6.45, 7) is 1.95. The Morgan fingerprint density at radius 2 is 2.14 bits per heavy atom. The normalized spacial score (nSPS) is 10.3. The van der Waals surface area contributed by atoms with Crippen LogP contribution in [0.4, 0.5) is 20.3 Å². The maximum atomic E-state index is 13.6. The quantitative estimate of drug-likeness (QED) is 0.869. The van der Waals surface area contributed by atoms with Crippen molar-refractivity contribution < 1.29 is 18.3 Å². The van der Waals surface area contributed by atoms with Crippen molar-refractivity contribution in [3.63, 3.8) is 0 Å². The molecule has 2 rings (SSSR count). The molecule has 0 saturated carbocycles. The van der Waals surface area contributed by atoms with Crippen molar-refractivity contribution in [3.05, 3.63) is 52.7 Å². The highest BCUT2D eigenvalue weighted by atomic mass is 35.5. The van der Waals surface area contributed by atoms with E-state index >= 15 is 0 Å². The molecular formula is C14H11ClF2N2O2. The predicted octanol–water partition coefficient (Wildman–Crippen LogP) is 3.93. The molecule has 0 aliphatic carbocycles. The van der Waals surface area contributed by atoms with Crippen molar-refractivity contribution in [1.82, 2.24) is 4.98 Å². The highest BCUT2D eigenvalue weighted by Crippen LogP contribution is 2.28. The first kappa shape index (κ1) is 15.2. The van der Waals surface area contributed by atoms with Gasteiger partial charge in [-0.1, -0.05) is 11.6 Å². The zero-order chi connectivity index (χ0) is 15.4. The standard InChI is InChI=1S/C14H11ClF2N2O2/c1-2-21-14(20)8-3-4-12(18-7-8)19-13-10(15)5-9(16)6-11(13)17/h3-7H,2H2,1H3,(H,18,19). The number of hydrogen-bond donors (Lipinski definition) is 1. The van der Waals surface area contributed by atoms with Gasteiger partial charge in [0.25, 0.3) is 0 Å². The molecule has 0 amide bonds. The van der Waals surface area contributed by atoms with E-state index in [4.69, 9.17) is 16.3 Å². The summed E-state index contributed by atoms with van der Waals surface area (Å²) in [5.74, 6) is -1.84. The number of rotatable bonds is 4. The van der Waals surface area contributed by atoms with Gasteiger partial charge in [0.15, 0.2) is 5.82 Å². The predicted molar refractivity (Wildman–Crippen MR) is 74.8 cm³/mol. The molecule has 0 saturated heterocycles. The SMILES string of the molecule is CCOC(=O)c1ccc(Nc2c(F)cc(F)cc2Cl)nc1. The van der Waals surface area contributed by atoms with E-state index < -0.39 is 17.6 Å². The number of esters is 1. The first-order valence-electron chi connectivity index (χ1n) is 6.06. The van der Waals surface area contributed by atoms with E-state index in [0.717, 1.165) is 6.07 Å². The molecule has 1 aromatic heterocycles. The molecule has 1 N–H and O–H groups in total. The first-order valence-corrected chi connectivity index (χ1v) is 6.43. The van der Waals surface area contributed by atoms with Gasteiger partial charge in [0.05, 0.1) is 22.9 Å². The minimum atomic E-state index is -0.837. The molecule has 7 heteroatoms. The number of nitrogens with one attached hydrogen (secondary N) is 1. The fraction of sp³-hybridized carbons (Fsp3) is 0.143. The molecular weight excluding hydrogens is 302 g/mol. The third kappa shape index (κ3) is 3.66. The van der Waals surface area contributed by atoms with E-state index in [1.165, 1.54) is 18.3 Å². The van der Waals surface area contributed by atoms with Crippen molar-refractivity contribution in [2.45, 2.75) is 6.92 Å². The lowest BCUT2D eigenvalue weighted by atomic mass is 10.2. The summed E-state index contributed by atoms with van der Waals surface area (Å²) in [6, 6.07) is 4.63. The molecule has 0 spiro atoms. The van der Waals surface area contributed by atoms with Crippen LogP contribution < -0.4 is 5.32 Å². The maximum Gasteiger partial charge on any atom is 0.339 e. The van der Waals surface area contributed by atoms with Gasteiger partial charge in [-0.05, 0) is 25.1 Å². The van der Waals surface area contributed by atoms with Crippen LogP contribution in [0.15, 0.2) is 30.5 Å². The average Bonchev–Trinajstić information content (AvgIpc) is 2.43. The lowest BCUT2D eigenvalue weighted by Crippen LogP contribution is -2.05. The molecule has 0 fully saturated rings. The molecule has 1 heterocycles. The highest BCUT2D eigenvalue weighted by Gasteiger charge is 2.12. The summed E-state index contributed by atoms with van der Waals surface area (Å²) in [5, 5.41) is 2.52. The number of aromatic nitrogens is 1. The van der Waals surface area contributed by atoms with Gasteiger partial charge in [-0.25, -0.2) is 18.6 Å². The molecule has 0 unspecified atom stereocenters. The molecule has 4 nitrogen and oxygen atoms in total. The fourth-order valence-corrected chi connectivity index (χ4v) is 1.83. The van der Waals surface area contributed by atoms with E-state index in [9.17, 15) is 13.6 Å². The average molecular weight is 313 g/mol. The first-order chi connectivity index (χ1) is 10.0. The summed E-state index contributed by atoms with van der Waals surface area (Å²) in [7, 11) is 0. The molecule has 21 heavy (non-hydrogen) atoms. The van der Waals surface area contributed by atoms with Gasteiger partial charge >= 0.3 is 5.97 Å². The third-order valence-corrected chi connectivity index (χ3v) is 2.83. The Hall–Kier alpha value is -2.21. The minimum Gasteiger partial charge on any atom is -0.462 e. The number of nitrogens with zero attached hydrogens (tertiary/aromatic N) is 1. The van der Waals surface area contributed by atoms with E-state index in [-0.39, 0.29) is 28.7 Å². The lowest BCUT2D eigenvalue weighted by molar-refractivity contribution is 0.0526. The Morgan fingerprint density at radius 3 is 2.71 bits per heavy atom. The van der Waals surface area contributed by atoms with Crippen LogP contribution in [0.25, 0.3) is 0 Å². The van der Waals surface area contributed by atoms with Crippen LogP contribution >= 0.6 is 11.6 Å². The highest BCUT2D eigenvalue weighted by molar-refractivity contribution is 6.33. The number of pyridine rings is 1. The number of hydrogen-bond acceptors (Lipinski definition) is 4. The zero-order valence-corrected chi connectivity index (χ0v) is 11.7. The Bertz CT molecular complexity index is 640. The van der Waals surface area contributed by atoms with Crippen LogP contribution in [0, 0.1) is 11.6 Å². The number of ether oxygens (including phenoxy) is 1. The van der Waals surface area contributed by atoms with Gasteiger partial charge in [0, 0.05) is 12.3 Å². The van der Waals surface area contributed by atoms with E-state index in [0.29, 0.717) is 6.07 Å². The second-order valence-electron chi connectivity index (χ2n) is 4.02. The Morgan fingerprint density at radius 1 is 1.38 bits per heavy atom. The fourth-order valence-electron chi connectivity index (χ4n) is 1.59. The number of benzene rings is 1. The molecule has 0 atom stereocenters. The van der Waals surface area contributed by atoms with Crippen molar-refractivity contribution in [2.24, 2.45) is 0 Å². The molecule has 1 aromatic carbocycles. The largest absolute Gasteiger partial charge is 0.462 e. The maximum absolute atomic E-state index is 13.6. The van der Waals surface area contributed by atoms with E-state index in [1.807, 2.05) is 0 Å². The van der Waals surface area contributed by atoms with Gasteiger partial charge in [-0.2, -0.15) is 0 Å². The van der Waals surface area contributed by atoms with Crippen LogP contribution in [0.5, 0.6) is 0 Å². The van der Waals surface area contributed by atoms with Crippen LogP contribution in [0.2, 0.25) is 5.02 Å². The van der Waals surface area contributed by atoms with Crippen LogP contribution in [0.1, 0.15) is 17.3 Å². The van der Waals surface area contributed by atoms with Gasteiger partial charge < -0.3 is 10.1 Å². The van der Waals surface area contributed by atoms with E-state index in [2.05, 4.69) is 10.3 Å².